The Morgan fingerprint density at radius 1 is 1.56 bits per heavy atom. The Hall–Kier alpha value is -1.43. The first-order chi connectivity index (χ1) is 8.67. The van der Waals surface area contributed by atoms with Crippen LogP contribution in [0.3, 0.4) is 0 Å². The molecule has 1 heterocycles. The number of nitrogens with zero attached hydrogens (tertiary/aromatic N) is 2. The zero-order chi connectivity index (χ0) is 13.1. The van der Waals surface area contributed by atoms with Gasteiger partial charge < -0.3 is 0 Å². The Kier molecular flexibility index (Phi) is 3.96. The molecule has 0 amide bonds. The molecule has 0 aliphatic heterocycles. The normalized spacial score (nSPS) is 12.7. The van der Waals surface area contributed by atoms with Crippen molar-refractivity contribution in [2.45, 2.75) is 19.5 Å². The summed E-state index contributed by atoms with van der Waals surface area (Å²) in [6, 6.07) is 5.84. The van der Waals surface area contributed by atoms with Gasteiger partial charge in [0.15, 0.2) is 0 Å². The van der Waals surface area contributed by atoms with Crippen LogP contribution in [0.2, 0.25) is 5.02 Å². The number of hydrogen-bond acceptors (Lipinski definition) is 3. The van der Waals surface area contributed by atoms with E-state index in [9.17, 15) is 4.39 Å². The van der Waals surface area contributed by atoms with E-state index >= 15 is 0 Å². The zero-order valence-corrected chi connectivity index (χ0v) is 10.7. The molecule has 3 N–H and O–H groups in total. The lowest BCUT2D eigenvalue weighted by Crippen LogP contribution is -2.31. The molecule has 0 fully saturated rings. The summed E-state index contributed by atoms with van der Waals surface area (Å²) in [6.07, 6.45) is 1.56. The summed E-state index contributed by atoms with van der Waals surface area (Å²) in [5, 5.41) is 4.65. The van der Waals surface area contributed by atoms with Gasteiger partial charge in [-0.15, -0.1) is 0 Å². The molecule has 6 heteroatoms. The van der Waals surface area contributed by atoms with Crippen molar-refractivity contribution in [1.82, 2.24) is 15.2 Å². The molecular weight excluding hydrogens is 255 g/mol. The van der Waals surface area contributed by atoms with Gasteiger partial charge >= 0.3 is 0 Å². The highest BCUT2D eigenvalue weighted by atomic mass is 35.5. The molecule has 0 radical (unpaired) electrons. The maximum atomic E-state index is 13.3. The van der Waals surface area contributed by atoms with E-state index in [1.807, 2.05) is 6.92 Å². The minimum Gasteiger partial charge on any atom is -0.271 e. The minimum absolute atomic E-state index is 0.313. The monoisotopic (exact) mass is 268 g/mol. The largest absolute Gasteiger partial charge is 0.271 e. The van der Waals surface area contributed by atoms with Gasteiger partial charge in [-0.2, -0.15) is 5.10 Å². The Bertz CT molecular complexity index is 541. The molecule has 96 valence electrons. The van der Waals surface area contributed by atoms with Gasteiger partial charge in [-0.05, 0) is 24.6 Å². The average molecular weight is 269 g/mol. The Morgan fingerprint density at radius 3 is 2.94 bits per heavy atom. The number of nitrogens with two attached hydrogens (primary N) is 1. The first kappa shape index (κ1) is 13.0. The predicted octanol–water partition coefficient (Wildman–Crippen LogP) is 2.25. The van der Waals surface area contributed by atoms with E-state index in [1.54, 1.807) is 23.0 Å². The van der Waals surface area contributed by atoms with Gasteiger partial charge in [-0.3, -0.25) is 10.5 Å². The van der Waals surface area contributed by atoms with E-state index in [2.05, 4.69) is 10.5 Å². The van der Waals surface area contributed by atoms with Crippen LogP contribution in [0.5, 0.6) is 0 Å². The summed E-state index contributed by atoms with van der Waals surface area (Å²) in [5.41, 5.74) is 4.08. The lowest BCUT2D eigenvalue weighted by atomic mass is 10.0. The fraction of sp³-hybridized carbons (Fsp3) is 0.250. The summed E-state index contributed by atoms with van der Waals surface area (Å²) < 4.78 is 15.0. The number of nitrogens with one attached hydrogen (secondary N) is 1. The van der Waals surface area contributed by atoms with Gasteiger partial charge in [0.1, 0.15) is 5.82 Å². The lowest BCUT2D eigenvalue weighted by Gasteiger charge is -2.18. The Balaban J connectivity index is 2.48. The second-order valence-electron chi connectivity index (χ2n) is 3.85. The summed E-state index contributed by atoms with van der Waals surface area (Å²) in [7, 11) is 0. The number of benzene rings is 1. The standard InChI is InChI=1S/C12H14ClFN4/c1-2-18-12(10(13)7-16-18)11(17-15)8-4-3-5-9(14)6-8/h3-7,11,17H,2,15H2,1H3. The Morgan fingerprint density at radius 2 is 2.33 bits per heavy atom. The van der Waals surface area contributed by atoms with Gasteiger partial charge in [0.25, 0.3) is 0 Å². The van der Waals surface area contributed by atoms with Crippen LogP contribution in [0.25, 0.3) is 0 Å². The van der Waals surface area contributed by atoms with Crippen LogP contribution in [0.1, 0.15) is 24.2 Å². The topological polar surface area (TPSA) is 55.9 Å². The van der Waals surface area contributed by atoms with Gasteiger partial charge in [-0.25, -0.2) is 9.82 Å². The maximum absolute atomic E-state index is 13.3. The third kappa shape index (κ3) is 2.38. The zero-order valence-electron chi connectivity index (χ0n) is 9.90. The molecule has 1 unspecified atom stereocenters. The van der Waals surface area contributed by atoms with E-state index in [-0.39, 0.29) is 5.82 Å². The van der Waals surface area contributed by atoms with Crippen molar-refractivity contribution < 1.29 is 4.39 Å². The molecule has 0 aliphatic carbocycles. The van der Waals surface area contributed by atoms with Crippen LogP contribution in [-0.4, -0.2) is 9.78 Å². The molecule has 4 nitrogen and oxygen atoms in total. The van der Waals surface area contributed by atoms with Crippen LogP contribution < -0.4 is 11.3 Å². The molecule has 0 aliphatic rings. The summed E-state index contributed by atoms with van der Waals surface area (Å²) in [6.45, 7) is 2.61. The smallest absolute Gasteiger partial charge is 0.123 e. The highest BCUT2D eigenvalue weighted by molar-refractivity contribution is 6.31. The SMILES string of the molecule is CCn1ncc(Cl)c1C(NN)c1cccc(F)c1. The van der Waals surface area contributed by atoms with E-state index in [1.165, 1.54) is 12.1 Å². The molecule has 0 saturated heterocycles. The molecule has 0 spiro atoms. The lowest BCUT2D eigenvalue weighted by molar-refractivity contribution is 0.539. The number of hydrazine groups is 1. The molecule has 1 aromatic carbocycles. The van der Waals surface area contributed by atoms with E-state index in [0.29, 0.717) is 17.1 Å². The fourth-order valence-electron chi connectivity index (χ4n) is 1.93. The third-order valence-corrected chi connectivity index (χ3v) is 3.05. The van der Waals surface area contributed by atoms with Crippen LogP contribution >= 0.6 is 11.6 Å². The molecule has 1 atom stereocenters. The van der Waals surface area contributed by atoms with Crippen molar-refractivity contribution in [2.75, 3.05) is 0 Å². The van der Waals surface area contributed by atoms with Crippen LogP contribution in [0.15, 0.2) is 30.5 Å². The first-order valence-corrected chi connectivity index (χ1v) is 5.98. The summed E-state index contributed by atoms with van der Waals surface area (Å²) in [4.78, 5) is 0. The molecule has 2 rings (SSSR count). The first-order valence-electron chi connectivity index (χ1n) is 5.60. The molecule has 2 aromatic rings. The minimum atomic E-state index is -0.393. The number of hydrogen-bond donors (Lipinski definition) is 2. The maximum Gasteiger partial charge on any atom is 0.123 e. The van der Waals surface area contributed by atoms with Crippen LogP contribution in [0, 0.1) is 5.82 Å². The van der Waals surface area contributed by atoms with Crippen molar-refractivity contribution in [1.29, 1.82) is 0 Å². The van der Waals surface area contributed by atoms with Crippen LogP contribution in [0.4, 0.5) is 4.39 Å². The quantitative estimate of drug-likeness (QED) is 0.661. The molecule has 0 bridgehead atoms. The van der Waals surface area contributed by atoms with Crippen molar-refractivity contribution in [3.8, 4) is 0 Å². The third-order valence-electron chi connectivity index (χ3n) is 2.75. The van der Waals surface area contributed by atoms with Gasteiger partial charge in [-0.1, -0.05) is 23.7 Å². The number of aryl methyl sites for hydroxylation is 1. The predicted molar refractivity (Wildman–Crippen MR) is 68.5 cm³/mol. The second-order valence-corrected chi connectivity index (χ2v) is 4.26. The summed E-state index contributed by atoms with van der Waals surface area (Å²) in [5.74, 6) is 5.25. The molecule has 1 aromatic heterocycles. The highest BCUT2D eigenvalue weighted by Crippen LogP contribution is 2.28. The number of aromatic nitrogens is 2. The van der Waals surface area contributed by atoms with Crippen molar-refractivity contribution in [2.24, 2.45) is 5.84 Å². The van der Waals surface area contributed by atoms with Crippen molar-refractivity contribution in [3.05, 3.63) is 52.6 Å². The van der Waals surface area contributed by atoms with Gasteiger partial charge in [0.2, 0.25) is 0 Å². The average Bonchev–Trinajstić information content (AvgIpc) is 2.72. The fourth-order valence-corrected chi connectivity index (χ4v) is 2.18. The number of rotatable bonds is 4. The number of halogens is 2. The van der Waals surface area contributed by atoms with Crippen molar-refractivity contribution >= 4 is 11.6 Å². The van der Waals surface area contributed by atoms with Crippen LogP contribution in [-0.2, 0) is 6.54 Å². The molecule has 18 heavy (non-hydrogen) atoms. The van der Waals surface area contributed by atoms with E-state index in [0.717, 1.165) is 5.69 Å². The Labute approximate surface area is 110 Å². The molecular formula is C12H14ClFN4. The van der Waals surface area contributed by atoms with E-state index in [4.69, 9.17) is 17.4 Å². The summed E-state index contributed by atoms with van der Waals surface area (Å²) >= 11 is 6.11. The van der Waals surface area contributed by atoms with E-state index < -0.39 is 6.04 Å². The second kappa shape index (κ2) is 5.48. The molecule has 0 saturated carbocycles. The van der Waals surface area contributed by atoms with Gasteiger partial charge in [0.05, 0.1) is 23.0 Å². The van der Waals surface area contributed by atoms with Gasteiger partial charge in [0, 0.05) is 6.54 Å². The highest BCUT2D eigenvalue weighted by Gasteiger charge is 2.20. The van der Waals surface area contributed by atoms with Crippen molar-refractivity contribution in [3.63, 3.8) is 0 Å².